The smallest absolute Gasteiger partial charge is 0.280 e. The molecule has 5 heteroatoms. The van der Waals surface area contributed by atoms with Crippen LogP contribution in [-0.4, -0.2) is 18.6 Å². The van der Waals surface area contributed by atoms with Gasteiger partial charge in [0, 0.05) is 0 Å². The largest absolute Gasteiger partial charge is 0.394 e. The van der Waals surface area contributed by atoms with Gasteiger partial charge in [-0.1, -0.05) is 0 Å². The van der Waals surface area contributed by atoms with Crippen molar-refractivity contribution in [2.45, 2.75) is 18.6 Å². The molecule has 0 amide bonds. The first-order chi connectivity index (χ1) is 3.54. The first-order valence-corrected chi connectivity index (χ1v) is 1.88. The maximum absolute atomic E-state index is 11.4. The fraction of sp³-hybridized carbons (Fsp3) is 1.00. The molecule has 0 aromatic heterocycles. The minimum atomic E-state index is -3.89. The van der Waals surface area contributed by atoms with Gasteiger partial charge in [0.1, 0.15) is 0 Å². The Labute approximate surface area is 42.2 Å². The maximum atomic E-state index is 11.4. The molecule has 1 saturated heterocycles. The van der Waals surface area contributed by atoms with Crippen LogP contribution in [0.1, 0.15) is 0 Å². The number of halogens is 4. The zero-order valence-electron chi connectivity index (χ0n) is 3.57. The Hall–Kier alpha value is -0.320. The van der Waals surface area contributed by atoms with E-state index in [0.29, 0.717) is 0 Å². The second-order valence-corrected chi connectivity index (χ2v) is 1.43. The zero-order valence-corrected chi connectivity index (χ0v) is 3.57. The summed E-state index contributed by atoms with van der Waals surface area (Å²) in [5, 5.41) is 0. The normalized spacial score (nSPS) is 43.5. The summed E-state index contributed by atoms with van der Waals surface area (Å²) in [6.45, 7) is 0. The van der Waals surface area contributed by atoms with E-state index in [2.05, 4.69) is 4.74 Å². The monoisotopic (exact) mass is 130 g/mol. The Balaban J connectivity index is 2.47. The van der Waals surface area contributed by atoms with Crippen molar-refractivity contribution < 1.29 is 22.3 Å². The molecule has 0 radical (unpaired) electrons. The third kappa shape index (κ3) is 0.577. The van der Waals surface area contributed by atoms with Crippen LogP contribution in [0.15, 0.2) is 0 Å². The van der Waals surface area contributed by atoms with Crippen molar-refractivity contribution in [3.05, 3.63) is 0 Å². The molecular formula is C3H2F4O. The SMILES string of the molecule is FC1OC(F)(F)C1F. The average molecular weight is 130 g/mol. The highest BCUT2D eigenvalue weighted by Gasteiger charge is 2.60. The highest BCUT2D eigenvalue weighted by molar-refractivity contribution is 4.80. The third-order valence-corrected chi connectivity index (χ3v) is 0.821. The van der Waals surface area contributed by atoms with Gasteiger partial charge in [-0.2, -0.15) is 8.78 Å². The van der Waals surface area contributed by atoms with E-state index in [-0.39, 0.29) is 0 Å². The van der Waals surface area contributed by atoms with Crippen molar-refractivity contribution >= 4 is 0 Å². The summed E-state index contributed by atoms with van der Waals surface area (Å²) in [6.07, 6.45) is -9.10. The summed E-state index contributed by atoms with van der Waals surface area (Å²) in [5.41, 5.74) is 0. The Bertz CT molecular complexity index is 103. The second-order valence-electron chi connectivity index (χ2n) is 1.43. The molecule has 48 valence electrons. The Kier molecular flexibility index (Phi) is 0.974. The van der Waals surface area contributed by atoms with Crippen LogP contribution in [0.3, 0.4) is 0 Å². The number of hydrogen-bond acceptors (Lipinski definition) is 1. The van der Waals surface area contributed by atoms with Crippen molar-refractivity contribution in [1.82, 2.24) is 0 Å². The van der Waals surface area contributed by atoms with Crippen molar-refractivity contribution in [3.8, 4) is 0 Å². The van der Waals surface area contributed by atoms with Gasteiger partial charge in [0.15, 0.2) is 0 Å². The van der Waals surface area contributed by atoms with Gasteiger partial charge in [-0.25, -0.2) is 8.78 Å². The minimum Gasteiger partial charge on any atom is -0.280 e. The van der Waals surface area contributed by atoms with E-state index in [4.69, 9.17) is 0 Å². The van der Waals surface area contributed by atoms with Gasteiger partial charge in [0.2, 0.25) is 12.5 Å². The van der Waals surface area contributed by atoms with E-state index in [1.165, 1.54) is 0 Å². The molecule has 1 aliphatic heterocycles. The predicted octanol–water partition coefficient (Wildman–Crippen LogP) is 1.24. The predicted molar refractivity (Wildman–Crippen MR) is 15.8 cm³/mol. The highest BCUT2D eigenvalue weighted by Crippen LogP contribution is 2.38. The van der Waals surface area contributed by atoms with Crippen LogP contribution in [0.4, 0.5) is 17.6 Å². The molecule has 1 heterocycles. The van der Waals surface area contributed by atoms with Gasteiger partial charge in [-0.05, 0) is 0 Å². The number of alkyl halides is 4. The van der Waals surface area contributed by atoms with Crippen molar-refractivity contribution in [3.63, 3.8) is 0 Å². The summed E-state index contributed by atoms with van der Waals surface area (Å²) >= 11 is 0. The van der Waals surface area contributed by atoms with Crippen LogP contribution >= 0.6 is 0 Å². The first-order valence-electron chi connectivity index (χ1n) is 1.88. The van der Waals surface area contributed by atoms with Crippen molar-refractivity contribution in [1.29, 1.82) is 0 Å². The Morgan fingerprint density at radius 2 is 1.75 bits per heavy atom. The molecule has 0 N–H and O–H groups in total. The fourth-order valence-electron chi connectivity index (χ4n) is 0.355. The number of ether oxygens (including phenoxy) is 1. The lowest BCUT2D eigenvalue weighted by Crippen LogP contribution is -2.54. The van der Waals surface area contributed by atoms with Crippen LogP contribution in [0.5, 0.6) is 0 Å². The van der Waals surface area contributed by atoms with Gasteiger partial charge in [0.05, 0.1) is 0 Å². The van der Waals surface area contributed by atoms with Gasteiger partial charge in [0.25, 0.3) is 0 Å². The molecule has 0 aliphatic carbocycles. The third-order valence-electron chi connectivity index (χ3n) is 0.821. The molecule has 2 unspecified atom stereocenters. The lowest BCUT2D eigenvalue weighted by atomic mass is 10.3. The van der Waals surface area contributed by atoms with Crippen LogP contribution in [0, 0.1) is 0 Å². The van der Waals surface area contributed by atoms with Crippen LogP contribution in [-0.2, 0) is 4.74 Å². The molecule has 1 nitrogen and oxygen atoms in total. The fourth-order valence-corrected chi connectivity index (χ4v) is 0.355. The van der Waals surface area contributed by atoms with Gasteiger partial charge < -0.3 is 0 Å². The highest BCUT2D eigenvalue weighted by atomic mass is 19.3. The second kappa shape index (κ2) is 1.34. The summed E-state index contributed by atoms with van der Waals surface area (Å²) in [6, 6.07) is 0. The summed E-state index contributed by atoms with van der Waals surface area (Å²) in [4.78, 5) is 0. The van der Waals surface area contributed by atoms with E-state index < -0.39 is 18.6 Å². The Morgan fingerprint density at radius 3 is 1.75 bits per heavy atom. The van der Waals surface area contributed by atoms with Gasteiger partial charge in [-0.3, -0.25) is 4.74 Å². The summed E-state index contributed by atoms with van der Waals surface area (Å²) < 4.78 is 48.5. The lowest BCUT2D eigenvalue weighted by molar-refractivity contribution is -0.422. The molecular weight excluding hydrogens is 128 g/mol. The summed E-state index contributed by atoms with van der Waals surface area (Å²) in [7, 11) is 0. The lowest BCUT2D eigenvalue weighted by Gasteiger charge is -2.32. The topological polar surface area (TPSA) is 9.23 Å². The van der Waals surface area contributed by atoms with Crippen LogP contribution < -0.4 is 0 Å². The van der Waals surface area contributed by atoms with Crippen molar-refractivity contribution in [2.24, 2.45) is 0 Å². The van der Waals surface area contributed by atoms with E-state index >= 15 is 0 Å². The minimum absolute atomic E-state index is 2.44. The van der Waals surface area contributed by atoms with E-state index in [0.717, 1.165) is 0 Å². The molecule has 2 atom stereocenters. The van der Waals surface area contributed by atoms with Crippen LogP contribution in [0.2, 0.25) is 0 Å². The molecule has 0 saturated carbocycles. The molecule has 1 aliphatic rings. The van der Waals surface area contributed by atoms with E-state index in [9.17, 15) is 17.6 Å². The van der Waals surface area contributed by atoms with E-state index in [1.807, 2.05) is 0 Å². The van der Waals surface area contributed by atoms with Gasteiger partial charge >= 0.3 is 6.11 Å². The first kappa shape index (κ1) is 5.81. The zero-order chi connectivity index (χ0) is 6.36. The molecule has 0 aromatic carbocycles. The standard InChI is InChI=1S/C3H2F4O/c4-1-2(5)8-3(1,6)7/h1-2H. The van der Waals surface area contributed by atoms with E-state index in [1.54, 1.807) is 0 Å². The maximum Gasteiger partial charge on any atom is 0.394 e. The average Bonchev–Trinajstić information content (AvgIpc) is 1.65. The summed E-state index contributed by atoms with van der Waals surface area (Å²) in [5.74, 6) is 0. The van der Waals surface area contributed by atoms with Crippen LogP contribution in [0.25, 0.3) is 0 Å². The Morgan fingerprint density at radius 1 is 1.25 bits per heavy atom. The molecule has 0 spiro atoms. The molecule has 0 aromatic rings. The number of hydrogen-bond donors (Lipinski definition) is 0. The molecule has 0 bridgehead atoms. The molecule has 1 fully saturated rings. The van der Waals surface area contributed by atoms with Gasteiger partial charge in [-0.15, -0.1) is 0 Å². The quantitative estimate of drug-likeness (QED) is 0.448. The van der Waals surface area contributed by atoms with Crippen molar-refractivity contribution in [2.75, 3.05) is 0 Å². The molecule has 1 rings (SSSR count). The number of rotatable bonds is 0. The molecule has 8 heavy (non-hydrogen) atoms.